The van der Waals surface area contributed by atoms with Gasteiger partial charge in [0.1, 0.15) is 5.75 Å². The molecule has 1 aromatic carbocycles. The zero-order chi connectivity index (χ0) is 15.7. The molecule has 0 spiro atoms. The third-order valence-corrected chi connectivity index (χ3v) is 3.96. The standard InChI is InChI=1S/C16H19N3O3/c1-3-8-19-9-12-13(15(19)20)14(18-16(21)17-12)10-4-6-11(22-2)7-5-10/h4-7,14H,3,8-9H2,1-2H3,(H2,17,18,21). The maximum absolute atomic E-state index is 12.6. The summed E-state index contributed by atoms with van der Waals surface area (Å²) in [5.41, 5.74) is 2.22. The summed E-state index contributed by atoms with van der Waals surface area (Å²) in [6.07, 6.45) is 0.890. The fourth-order valence-corrected chi connectivity index (χ4v) is 2.93. The average Bonchev–Trinajstić information content (AvgIpc) is 2.83. The topological polar surface area (TPSA) is 70.7 Å². The Bertz CT molecular complexity index is 637. The lowest BCUT2D eigenvalue weighted by molar-refractivity contribution is -0.125. The quantitative estimate of drug-likeness (QED) is 0.886. The van der Waals surface area contributed by atoms with Gasteiger partial charge in [0, 0.05) is 6.54 Å². The molecule has 116 valence electrons. The molecule has 2 aliphatic rings. The Morgan fingerprint density at radius 3 is 2.64 bits per heavy atom. The number of nitrogens with zero attached hydrogens (tertiary/aromatic N) is 1. The van der Waals surface area contributed by atoms with Crippen molar-refractivity contribution in [3.63, 3.8) is 0 Å². The van der Waals surface area contributed by atoms with Gasteiger partial charge in [0.2, 0.25) is 0 Å². The van der Waals surface area contributed by atoms with E-state index in [-0.39, 0.29) is 11.9 Å². The Labute approximate surface area is 129 Å². The highest BCUT2D eigenvalue weighted by atomic mass is 16.5. The largest absolute Gasteiger partial charge is 0.497 e. The highest BCUT2D eigenvalue weighted by Gasteiger charge is 2.39. The van der Waals surface area contributed by atoms with Gasteiger partial charge in [-0.3, -0.25) is 4.79 Å². The van der Waals surface area contributed by atoms with Gasteiger partial charge in [-0.15, -0.1) is 0 Å². The van der Waals surface area contributed by atoms with Crippen molar-refractivity contribution >= 4 is 11.9 Å². The third kappa shape index (κ3) is 2.41. The first-order valence-electron chi connectivity index (χ1n) is 7.37. The first-order valence-corrected chi connectivity index (χ1v) is 7.37. The van der Waals surface area contributed by atoms with Gasteiger partial charge in [-0.2, -0.15) is 0 Å². The molecule has 3 rings (SSSR count). The lowest BCUT2D eigenvalue weighted by atomic mass is 9.96. The van der Waals surface area contributed by atoms with Crippen molar-refractivity contribution in [3.8, 4) is 5.75 Å². The summed E-state index contributed by atoms with van der Waals surface area (Å²) in [7, 11) is 1.60. The minimum absolute atomic E-state index is 0.00910. The highest BCUT2D eigenvalue weighted by molar-refractivity contribution is 6.01. The number of urea groups is 1. The van der Waals surface area contributed by atoms with E-state index < -0.39 is 6.04 Å². The molecule has 22 heavy (non-hydrogen) atoms. The van der Waals surface area contributed by atoms with E-state index in [9.17, 15) is 9.59 Å². The number of rotatable bonds is 4. The van der Waals surface area contributed by atoms with Crippen LogP contribution in [-0.2, 0) is 4.79 Å². The molecular formula is C16H19N3O3. The number of nitrogens with one attached hydrogen (secondary N) is 2. The van der Waals surface area contributed by atoms with Gasteiger partial charge in [-0.05, 0) is 24.1 Å². The van der Waals surface area contributed by atoms with E-state index in [1.165, 1.54) is 0 Å². The SMILES string of the molecule is CCCN1CC2=C(C1=O)C(c1ccc(OC)cc1)NC(=O)N2. The zero-order valence-corrected chi connectivity index (χ0v) is 12.7. The molecule has 1 aromatic rings. The molecule has 0 saturated carbocycles. The van der Waals surface area contributed by atoms with E-state index in [4.69, 9.17) is 4.74 Å². The maximum Gasteiger partial charge on any atom is 0.319 e. The molecule has 3 amide bonds. The van der Waals surface area contributed by atoms with Gasteiger partial charge in [0.05, 0.1) is 31.0 Å². The number of carbonyl (C=O) groups is 2. The molecule has 6 nitrogen and oxygen atoms in total. The molecule has 0 saturated heterocycles. The van der Waals surface area contributed by atoms with E-state index in [0.717, 1.165) is 17.7 Å². The van der Waals surface area contributed by atoms with Crippen molar-refractivity contribution in [2.75, 3.05) is 20.2 Å². The van der Waals surface area contributed by atoms with Gasteiger partial charge < -0.3 is 20.3 Å². The smallest absolute Gasteiger partial charge is 0.319 e. The van der Waals surface area contributed by atoms with Crippen LogP contribution in [0.15, 0.2) is 35.5 Å². The van der Waals surface area contributed by atoms with E-state index in [1.54, 1.807) is 12.0 Å². The Hall–Kier alpha value is -2.50. The molecule has 0 aliphatic carbocycles. The second kappa shape index (κ2) is 5.71. The monoisotopic (exact) mass is 301 g/mol. The minimum Gasteiger partial charge on any atom is -0.497 e. The number of carbonyl (C=O) groups excluding carboxylic acids is 2. The van der Waals surface area contributed by atoms with Crippen molar-refractivity contribution in [2.24, 2.45) is 0 Å². The van der Waals surface area contributed by atoms with Crippen LogP contribution in [0.4, 0.5) is 4.79 Å². The van der Waals surface area contributed by atoms with Crippen LogP contribution in [0.5, 0.6) is 5.75 Å². The normalized spacial score (nSPS) is 20.6. The molecule has 2 heterocycles. The highest BCUT2D eigenvalue weighted by Crippen LogP contribution is 2.33. The van der Waals surface area contributed by atoms with Gasteiger partial charge in [0.25, 0.3) is 5.91 Å². The molecule has 0 bridgehead atoms. The molecule has 2 aliphatic heterocycles. The van der Waals surface area contributed by atoms with Crippen LogP contribution < -0.4 is 15.4 Å². The number of hydrogen-bond acceptors (Lipinski definition) is 3. The number of methoxy groups -OCH3 is 1. The second-order valence-electron chi connectivity index (χ2n) is 5.42. The maximum atomic E-state index is 12.6. The molecule has 2 N–H and O–H groups in total. The summed E-state index contributed by atoms with van der Waals surface area (Å²) in [6, 6.07) is 6.71. The van der Waals surface area contributed by atoms with Crippen molar-refractivity contribution < 1.29 is 14.3 Å². The van der Waals surface area contributed by atoms with Crippen LogP contribution in [0.1, 0.15) is 24.9 Å². The van der Waals surface area contributed by atoms with Crippen LogP contribution in [0.3, 0.4) is 0 Å². The Morgan fingerprint density at radius 2 is 2.00 bits per heavy atom. The van der Waals surface area contributed by atoms with Gasteiger partial charge in [-0.1, -0.05) is 19.1 Å². The van der Waals surface area contributed by atoms with Gasteiger partial charge in [-0.25, -0.2) is 4.79 Å². The van der Waals surface area contributed by atoms with Crippen molar-refractivity contribution in [1.82, 2.24) is 15.5 Å². The molecule has 6 heteroatoms. The molecule has 0 aromatic heterocycles. The Kier molecular flexibility index (Phi) is 3.75. The van der Waals surface area contributed by atoms with Gasteiger partial charge >= 0.3 is 6.03 Å². The Balaban J connectivity index is 1.94. The zero-order valence-electron chi connectivity index (χ0n) is 12.7. The Morgan fingerprint density at radius 1 is 1.27 bits per heavy atom. The summed E-state index contributed by atoms with van der Waals surface area (Å²) in [4.78, 5) is 26.2. The minimum atomic E-state index is -0.413. The van der Waals surface area contributed by atoms with Crippen LogP contribution in [0.2, 0.25) is 0 Å². The fraction of sp³-hybridized carbons (Fsp3) is 0.375. The molecule has 0 fully saturated rings. The predicted octanol–water partition coefficient (Wildman–Crippen LogP) is 1.56. The molecule has 0 radical (unpaired) electrons. The van der Waals surface area contributed by atoms with E-state index in [1.807, 2.05) is 31.2 Å². The second-order valence-corrected chi connectivity index (χ2v) is 5.42. The summed E-state index contributed by atoms with van der Waals surface area (Å²) in [5.74, 6) is 0.730. The summed E-state index contributed by atoms with van der Waals surface area (Å²) in [6.45, 7) is 3.20. The first kappa shape index (κ1) is 14.4. The lowest BCUT2D eigenvalue weighted by Gasteiger charge is -2.25. The number of benzene rings is 1. The molecule has 1 unspecified atom stereocenters. The van der Waals surface area contributed by atoms with E-state index >= 15 is 0 Å². The number of hydrogen-bond donors (Lipinski definition) is 2. The van der Waals surface area contributed by atoms with Crippen LogP contribution in [0, 0.1) is 0 Å². The third-order valence-electron chi connectivity index (χ3n) is 3.96. The molecular weight excluding hydrogens is 282 g/mol. The van der Waals surface area contributed by atoms with Crippen LogP contribution >= 0.6 is 0 Å². The summed E-state index contributed by atoms with van der Waals surface area (Å²) in [5, 5.41) is 5.60. The first-order chi connectivity index (χ1) is 10.6. The summed E-state index contributed by atoms with van der Waals surface area (Å²) >= 11 is 0. The van der Waals surface area contributed by atoms with Gasteiger partial charge in [0.15, 0.2) is 0 Å². The number of ether oxygens (including phenoxy) is 1. The van der Waals surface area contributed by atoms with E-state index in [2.05, 4.69) is 10.6 Å². The molecule has 1 atom stereocenters. The fourth-order valence-electron chi connectivity index (χ4n) is 2.93. The van der Waals surface area contributed by atoms with Crippen molar-refractivity contribution in [3.05, 3.63) is 41.1 Å². The average molecular weight is 301 g/mol. The lowest BCUT2D eigenvalue weighted by Crippen LogP contribution is -2.44. The predicted molar refractivity (Wildman–Crippen MR) is 81.3 cm³/mol. The van der Waals surface area contributed by atoms with Crippen LogP contribution in [0.25, 0.3) is 0 Å². The number of amides is 3. The summed E-state index contributed by atoms with van der Waals surface area (Å²) < 4.78 is 5.15. The van der Waals surface area contributed by atoms with E-state index in [0.29, 0.717) is 24.4 Å². The van der Waals surface area contributed by atoms with Crippen molar-refractivity contribution in [2.45, 2.75) is 19.4 Å². The van der Waals surface area contributed by atoms with Crippen molar-refractivity contribution in [1.29, 1.82) is 0 Å². The van der Waals surface area contributed by atoms with Crippen LogP contribution in [-0.4, -0.2) is 37.0 Å².